The third kappa shape index (κ3) is 2.09. The SMILES string of the molecule is Cc1nn(C)c(C)c1CNc1cc(Cl)nc2ncnn12. The van der Waals surface area contributed by atoms with Crippen molar-refractivity contribution in [2.24, 2.45) is 7.05 Å². The number of rotatable bonds is 3. The minimum absolute atomic E-state index is 0.382. The number of nitrogens with zero attached hydrogens (tertiary/aromatic N) is 6. The molecule has 0 radical (unpaired) electrons. The molecule has 0 aromatic carbocycles. The molecule has 0 atom stereocenters. The largest absolute Gasteiger partial charge is 0.366 e. The van der Waals surface area contributed by atoms with Crippen LogP contribution in [0.3, 0.4) is 0 Å². The molecular formula is C12H14ClN7. The highest BCUT2D eigenvalue weighted by Gasteiger charge is 2.11. The minimum Gasteiger partial charge on any atom is -0.366 e. The lowest BCUT2D eigenvalue weighted by atomic mass is 10.2. The maximum atomic E-state index is 5.98. The van der Waals surface area contributed by atoms with Crippen molar-refractivity contribution >= 4 is 23.2 Å². The second-order valence-corrected chi connectivity index (χ2v) is 4.95. The molecule has 3 aromatic rings. The van der Waals surface area contributed by atoms with Crippen LogP contribution in [0, 0.1) is 13.8 Å². The molecule has 0 aliphatic rings. The Balaban J connectivity index is 1.92. The van der Waals surface area contributed by atoms with Crippen molar-refractivity contribution in [1.82, 2.24) is 29.4 Å². The van der Waals surface area contributed by atoms with Gasteiger partial charge in [-0.25, -0.2) is 0 Å². The topological polar surface area (TPSA) is 72.9 Å². The van der Waals surface area contributed by atoms with Crippen LogP contribution >= 0.6 is 11.6 Å². The monoisotopic (exact) mass is 291 g/mol. The van der Waals surface area contributed by atoms with Crippen molar-refractivity contribution in [2.75, 3.05) is 5.32 Å². The van der Waals surface area contributed by atoms with E-state index in [2.05, 4.69) is 25.5 Å². The highest BCUT2D eigenvalue weighted by atomic mass is 35.5. The third-order valence-electron chi connectivity index (χ3n) is 3.33. The molecule has 0 unspecified atom stereocenters. The maximum Gasteiger partial charge on any atom is 0.255 e. The Hall–Kier alpha value is -2.15. The number of fused-ring (bicyclic) bond motifs is 1. The van der Waals surface area contributed by atoms with Crippen LogP contribution in [0.4, 0.5) is 5.82 Å². The number of hydrogen-bond acceptors (Lipinski definition) is 5. The molecule has 104 valence electrons. The Morgan fingerprint density at radius 1 is 1.35 bits per heavy atom. The van der Waals surface area contributed by atoms with Crippen LogP contribution in [-0.2, 0) is 13.6 Å². The van der Waals surface area contributed by atoms with Crippen molar-refractivity contribution in [3.63, 3.8) is 0 Å². The zero-order valence-corrected chi connectivity index (χ0v) is 12.2. The van der Waals surface area contributed by atoms with E-state index in [0.717, 1.165) is 22.8 Å². The van der Waals surface area contributed by atoms with Gasteiger partial charge in [-0.15, -0.1) is 0 Å². The molecule has 0 aliphatic heterocycles. The summed E-state index contributed by atoms with van der Waals surface area (Å²) in [6.07, 6.45) is 1.45. The minimum atomic E-state index is 0.382. The van der Waals surface area contributed by atoms with E-state index in [4.69, 9.17) is 11.6 Å². The van der Waals surface area contributed by atoms with Crippen molar-refractivity contribution in [3.8, 4) is 0 Å². The van der Waals surface area contributed by atoms with Crippen LogP contribution in [0.25, 0.3) is 5.78 Å². The first-order valence-corrected chi connectivity index (χ1v) is 6.53. The molecule has 20 heavy (non-hydrogen) atoms. The van der Waals surface area contributed by atoms with Gasteiger partial charge in [0.25, 0.3) is 5.78 Å². The van der Waals surface area contributed by atoms with Crippen LogP contribution in [0.5, 0.6) is 0 Å². The van der Waals surface area contributed by atoms with Gasteiger partial charge >= 0.3 is 0 Å². The highest BCUT2D eigenvalue weighted by Crippen LogP contribution is 2.17. The molecule has 0 saturated heterocycles. The summed E-state index contributed by atoms with van der Waals surface area (Å²) in [7, 11) is 1.94. The number of aryl methyl sites for hydroxylation is 2. The number of hydrogen-bond donors (Lipinski definition) is 1. The van der Waals surface area contributed by atoms with E-state index in [0.29, 0.717) is 17.5 Å². The molecule has 3 aromatic heterocycles. The smallest absolute Gasteiger partial charge is 0.255 e. The van der Waals surface area contributed by atoms with Gasteiger partial charge in [0.1, 0.15) is 17.3 Å². The Morgan fingerprint density at radius 2 is 2.15 bits per heavy atom. The second-order valence-electron chi connectivity index (χ2n) is 4.56. The van der Waals surface area contributed by atoms with E-state index in [1.807, 2.05) is 25.6 Å². The summed E-state index contributed by atoms with van der Waals surface area (Å²) in [5.41, 5.74) is 3.30. The van der Waals surface area contributed by atoms with Crippen LogP contribution in [0.1, 0.15) is 17.0 Å². The Morgan fingerprint density at radius 3 is 2.85 bits per heavy atom. The van der Waals surface area contributed by atoms with E-state index in [1.54, 1.807) is 10.6 Å². The van der Waals surface area contributed by atoms with E-state index in [1.165, 1.54) is 6.33 Å². The number of nitrogens with one attached hydrogen (secondary N) is 1. The van der Waals surface area contributed by atoms with Gasteiger partial charge in [0, 0.05) is 30.9 Å². The van der Waals surface area contributed by atoms with Gasteiger partial charge in [0.2, 0.25) is 0 Å². The molecule has 8 heteroatoms. The van der Waals surface area contributed by atoms with Gasteiger partial charge in [-0.1, -0.05) is 11.6 Å². The molecule has 0 spiro atoms. The number of aromatic nitrogens is 6. The predicted molar refractivity (Wildman–Crippen MR) is 75.8 cm³/mol. The second kappa shape index (κ2) is 4.75. The van der Waals surface area contributed by atoms with Gasteiger partial charge in [-0.3, -0.25) is 4.68 Å². The van der Waals surface area contributed by atoms with Crippen molar-refractivity contribution in [1.29, 1.82) is 0 Å². The molecule has 7 nitrogen and oxygen atoms in total. The van der Waals surface area contributed by atoms with E-state index in [-0.39, 0.29) is 0 Å². The first kappa shape index (κ1) is 12.9. The normalized spacial score (nSPS) is 11.2. The van der Waals surface area contributed by atoms with Crippen molar-refractivity contribution < 1.29 is 0 Å². The average molecular weight is 292 g/mol. The lowest BCUT2D eigenvalue weighted by Crippen LogP contribution is -2.07. The van der Waals surface area contributed by atoms with Crippen molar-refractivity contribution in [3.05, 3.63) is 34.5 Å². The van der Waals surface area contributed by atoms with Gasteiger partial charge in [-0.05, 0) is 13.8 Å². The van der Waals surface area contributed by atoms with Gasteiger partial charge in [0.15, 0.2) is 0 Å². The molecule has 0 saturated carbocycles. The molecule has 0 aliphatic carbocycles. The molecule has 0 bridgehead atoms. The fraction of sp³-hybridized carbons (Fsp3) is 0.333. The fourth-order valence-electron chi connectivity index (χ4n) is 2.16. The summed E-state index contributed by atoms with van der Waals surface area (Å²) in [6.45, 7) is 4.68. The first-order valence-electron chi connectivity index (χ1n) is 6.15. The number of anilines is 1. The lowest BCUT2D eigenvalue weighted by molar-refractivity contribution is 0.730. The van der Waals surface area contributed by atoms with E-state index in [9.17, 15) is 0 Å². The standard InChI is InChI=1S/C12H14ClN7/c1-7-9(8(2)19(3)18-7)5-14-11-4-10(13)17-12-15-6-16-20(11)12/h4,6,14H,5H2,1-3H3. The Labute approximate surface area is 120 Å². The van der Waals surface area contributed by atoms with E-state index >= 15 is 0 Å². The summed E-state index contributed by atoms with van der Waals surface area (Å²) in [5, 5.41) is 12.2. The molecule has 0 amide bonds. The van der Waals surface area contributed by atoms with Crippen LogP contribution in [0.15, 0.2) is 12.4 Å². The molecule has 3 heterocycles. The third-order valence-corrected chi connectivity index (χ3v) is 3.52. The van der Waals surface area contributed by atoms with E-state index < -0.39 is 0 Å². The summed E-state index contributed by atoms with van der Waals surface area (Å²) < 4.78 is 3.49. The van der Waals surface area contributed by atoms with Crippen LogP contribution in [-0.4, -0.2) is 29.4 Å². The fourth-order valence-corrected chi connectivity index (χ4v) is 2.34. The quantitative estimate of drug-likeness (QED) is 0.744. The highest BCUT2D eigenvalue weighted by molar-refractivity contribution is 6.29. The Kier molecular flexibility index (Phi) is 3.06. The zero-order chi connectivity index (χ0) is 14.3. The Bertz CT molecular complexity index is 774. The lowest BCUT2D eigenvalue weighted by Gasteiger charge is -2.08. The maximum absolute atomic E-state index is 5.98. The van der Waals surface area contributed by atoms with Gasteiger partial charge < -0.3 is 5.32 Å². The number of halogens is 1. The molecule has 3 rings (SSSR count). The molecule has 1 N–H and O–H groups in total. The molecule has 0 fully saturated rings. The molecular weight excluding hydrogens is 278 g/mol. The van der Waals surface area contributed by atoms with Crippen LogP contribution in [0.2, 0.25) is 5.15 Å². The van der Waals surface area contributed by atoms with Crippen LogP contribution < -0.4 is 5.32 Å². The van der Waals surface area contributed by atoms with Gasteiger partial charge in [0.05, 0.1) is 5.69 Å². The summed E-state index contributed by atoms with van der Waals surface area (Å²) in [5.74, 6) is 1.22. The zero-order valence-electron chi connectivity index (χ0n) is 11.4. The summed E-state index contributed by atoms with van der Waals surface area (Å²) >= 11 is 5.98. The van der Waals surface area contributed by atoms with Crippen molar-refractivity contribution in [2.45, 2.75) is 20.4 Å². The van der Waals surface area contributed by atoms with Gasteiger partial charge in [-0.2, -0.15) is 24.7 Å². The predicted octanol–water partition coefficient (Wildman–Crippen LogP) is 1.74. The average Bonchev–Trinajstić information content (AvgIpc) is 2.94. The summed E-state index contributed by atoms with van der Waals surface area (Å²) in [6, 6.07) is 1.73. The summed E-state index contributed by atoms with van der Waals surface area (Å²) in [4.78, 5) is 8.12. The first-order chi connectivity index (χ1) is 9.56.